The molecule has 0 aliphatic rings. The third-order valence-electron chi connectivity index (χ3n) is 2.82. The molecule has 114 valence electrons. The van der Waals surface area contributed by atoms with Gasteiger partial charge in [-0.15, -0.1) is 13.2 Å². The molecule has 1 N–H and O–H groups in total. The van der Waals surface area contributed by atoms with Crippen LogP contribution in [0.4, 0.5) is 13.2 Å². The van der Waals surface area contributed by atoms with Gasteiger partial charge in [-0.25, -0.2) is 4.98 Å². The molecule has 1 aromatic heterocycles. The maximum Gasteiger partial charge on any atom is 0.573 e. The second-order valence-corrected chi connectivity index (χ2v) is 4.45. The molecule has 0 aliphatic heterocycles. The minimum absolute atomic E-state index is 0.262. The molecule has 0 aliphatic carbocycles. The number of benzene rings is 1. The van der Waals surface area contributed by atoms with Crippen LogP contribution in [0.25, 0.3) is 0 Å². The SMILES string of the molecule is Cc1[nH]cnc1CCCOc1ccc(OC(F)(F)F)cc1. The van der Waals surface area contributed by atoms with Crippen LogP contribution in [0.5, 0.6) is 11.5 Å². The Morgan fingerprint density at radius 2 is 1.81 bits per heavy atom. The van der Waals surface area contributed by atoms with Crippen LogP contribution in [0.3, 0.4) is 0 Å². The smallest absolute Gasteiger partial charge is 0.494 e. The van der Waals surface area contributed by atoms with Gasteiger partial charge in [-0.2, -0.15) is 0 Å². The van der Waals surface area contributed by atoms with Gasteiger partial charge < -0.3 is 14.5 Å². The van der Waals surface area contributed by atoms with Crippen molar-refractivity contribution in [3.05, 3.63) is 42.0 Å². The van der Waals surface area contributed by atoms with Crippen molar-refractivity contribution in [2.45, 2.75) is 26.1 Å². The Bertz CT molecular complexity index is 564. The number of rotatable bonds is 6. The number of hydrogen-bond acceptors (Lipinski definition) is 3. The van der Waals surface area contributed by atoms with Gasteiger partial charge in [0.05, 0.1) is 18.6 Å². The van der Waals surface area contributed by atoms with E-state index in [0.29, 0.717) is 12.4 Å². The number of H-pyrrole nitrogens is 1. The summed E-state index contributed by atoms with van der Waals surface area (Å²) in [5.74, 6) is 0.241. The predicted octanol–water partition coefficient (Wildman–Crippen LogP) is 3.63. The van der Waals surface area contributed by atoms with Gasteiger partial charge in [0.2, 0.25) is 0 Å². The molecule has 0 saturated heterocycles. The molecule has 2 aromatic rings. The fraction of sp³-hybridized carbons (Fsp3) is 0.357. The summed E-state index contributed by atoms with van der Waals surface area (Å²) < 4.78 is 45.2. The molecule has 4 nitrogen and oxygen atoms in total. The maximum absolute atomic E-state index is 12.0. The van der Waals surface area contributed by atoms with Gasteiger partial charge in [-0.1, -0.05) is 0 Å². The average Bonchev–Trinajstić information content (AvgIpc) is 2.80. The molecule has 1 heterocycles. The lowest BCUT2D eigenvalue weighted by Gasteiger charge is -2.10. The van der Waals surface area contributed by atoms with E-state index in [4.69, 9.17) is 4.74 Å². The molecular weight excluding hydrogens is 285 g/mol. The van der Waals surface area contributed by atoms with E-state index in [1.165, 1.54) is 24.3 Å². The first-order chi connectivity index (χ1) is 9.94. The van der Waals surface area contributed by atoms with E-state index in [1.54, 1.807) is 6.33 Å². The summed E-state index contributed by atoms with van der Waals surface area (Å²) in [5, 5.41) is 0. The topological polar surface area (TPSA) is 47.1 Å². The number of nitrogens with zero attached hydrogens (tertiary/aromatic N) is 1. The largest absolute Gasteiger partial charge is 0.573 e. The van der Waals surface area contributed by atoms with Gasteiger partial charge in [0, 0.05) is 5.69 Å². The van der Waals surface area contributed by atoms with Crippen molar-refractivity contribution in [1.82, 2.24) is 9.97 Å². The van der Waals surface area contributed by atoms with E-state index in [1.807, 2.05) is 6.92 Å². The van der Waals surface area contributed by atoms with Crippen molar-refractivity contribution in [2.75, 3.05) is 6.61 Å². The number of hydrogen-bond donors (Lipinski definition) is 1. The summed E-state index contributed by atoms with van der Waals surface area (Å²) in [4.78, 5) is 7.17. The van der Waals surface area contributed by atoms with Crippen LogP contribution >= 0.6 is 0 Å². The van der Waals surface area contributed by atoms with Crippen LogP contribution in [-0.4, -0.2) is 22.9 Å². The van der Waals surface area contributed by atoms with Crippen LogP contribution < -0.4 is 9.47 Å². The van der Waals surface area contributed by atoms with Gasteiger partial charge >= 0.3 is 6.36 Å². The number of ether oxygens (including phenoxy) is 2. The van der Waals surface area contributed by atoms with E-state index in [9.17, 15) is 13.2 Å². The predicted molar refractivity (Wildman–Crippen MR) is 70.3 cm³/mol. The first kappa shape index (κ1) is 15.2. The van der Waals surface area contributed by atoms with Crippen LogP contribution in [0.1, 0.15) is 17.8 Å². The zero-order chi connectivity index (χ0) is 15.3. The summed E-state index contributed by atoms with van der Waals surface area (Å²) in [7, 11) is 0. The molecule has 0 amide bonds. The van der Waals surface area contributed by atoms with Crippen molar-refractivity contribution in [3.8, 4) is 11.5 Å². The van der Waals surface area contributed by atoms with Gasteiger partial charge in [0.1, 0.15) is 11.5 Å². The summed E-state index contributed by atoms with van der Waals surface area (Å²) in [6.45, 7) is 2.41. The van der Waals surface area contributed by atoms with Crippen molar-refractivity contribution < 1.29 is 22.6 Å². The first-order valence-corrected chi connectivity index (χ1v) is 6.41. The molecule has 0 atom stereocenters. The van der Waals surface area contributed by atoms with Crippen LogP contribution in [-0.2, 0) is 6.42 Å². The molecular formula is C14H15F3N2O2. The van der Waals surface area contributed by atoms with Crippen LogP contribution in [0, 0.1) is 6.92 Å². The molecule has 0 spiro atoms. The number of aromatic nitrogens is 2. The quantitative estimate of drug-likeness (QED) is 0.829. The highest BCUT2D eigenvalue weighted by Gasteiger charge is 2.30. The Labute approximate surface area is 119 Å². The first-order valence-electron chi connectivity index (χ1n) is 6.41. The number of aryl methyl sites for hydroxylation is 2. The summed E-state index contributed by atoms with van der Waals surface area (Å²) in [5.41, 5.74) is 2.02. The molecule has 0 radical (unpaired) electrons. The number of imidazole rings is 1. The fourth-order valence-corrected chi connectivity index (χ4v) is 1.81. The minimum Gasteiger partial charge on any atom is -0.494 e. The Morgan fingerprint density at radius 1 is 1.14 bits per heavy atom. The van der Waals surface area contributed by atoms with E-state index in [0.717, 1.165) is 24.2 Å². The molecule has 21 heavy (non-hydrogen) atoms. The summed E-state index contributed by atoms with van der Waals surface area (Å²) in [6.07, 6.45) is -1.48. The van der Waals surface area contributed by atoms with Crippen molar-refractivity contribution in [1.29, 1.82) is 0 Å². The summed E-state index contributed by atoms with van der Waals surface area (Å²) >= 11 is 0. The molecule has 1 aromatic carbocycles. The lowest BCUT2D eigenvalue weighted by Crippen LogP contribution is -2.16. The molecule has 0 saturated carbocycles. The molecule has 2 rings (SSSR count). The van der Waals surface area contributed by atoms with Gasteiger partial charge in [0.15, 0.2) is 0 Å². The molecule has 0 unspecified atom stereocenters. The van der Waals surface area contributed by atoms with E-state index in [-0.39, 0.29) is 5.75 Å². The second kappa shape index (κ2) is 6.51. The third-order valence-corrected chi connectivity index (χ3v) is 2.82. The maximum atomic E-state index is 12.0. The lowest BCUT2D eigenvalue weighted by molar-refractivity contribution is -0.274. The summed E-state index contributed by atoms with van der Waals surface area (Å²) in [6, 6.07) is 5.34. The second-order valence-electron chi connectivity index (χ2n) is 4.45. The molecule has 0 fully saturated rings. The Morgan fingerprint density at radius 3 is 2.38 bits per heavy atom. The van der Waals surface area contributed by atoms with Crippen molar-refractivity contribution in [2.24, 2.45) is 0 Å². The van der Waals surface area contributed by atoms with Gasteiger partial charge in [-0.05, 0) is 44.0 Å². The zero-order valence-electron chi connectivity index (χ0n) is 11.4. The lowest BCUT2D eigenvalue weighted by atomic mass is 10.2. The Kier molecular flexibility index (Phi) is 4.72. The normalized spacial score (nSPS) is 11.4. The van der Waals surface area contributed by atoms with E-state index in [2.05, 4.69) is 14.7 Å². The van der Waals surface area contributed by atoms with Crippen molar-refractivity contribution in [3.63, 3.8) is 0 Å². The van der Waals surface area contributed by atoms with Crippen molar-refractivity contribution >= 4 is 0 Å². The van der Waals surface area contributed by atoms with E-state index < -0.39 is 6.36 Å². The highest BCUT2D eigenvalue weighted by molar-refractivity contribution is 5.31. The fourth-order valence-electron chi connectivity index (χ4n) is 1.81. The van der Waals surface area contributed by atoms with E-state index >= 15 is 0 Å². The van der Waals surface area contributed by atoms with Gasteiger partial charge in [-0.3, -0.25) is 0 Å². The number of nitrogens with one attached hydrogen (secondary N) is 1. The third kappa shape index (κ3) is 5.02. The number of alkyl halides is 3. The highest BCUT2D eigenvalue weighted by atomic mass is 19.4. The zero-order valence-corrected chi connectivity index (χ0v) is 11.4. The Hall–Kier alpha value is -2.18. The van der Waals surface area contributed by atoms with Crippen LogP contribution in [0.15, 0.2) is 30.6 Å². The van der Waals surface area contributed by atoms with Crippen LogP contribution in [0.2, 0.25) is 0 Å². The minimum atomic E-state index is -4.68. The molecule has 0 bridgehead atoms. The monoisotopic (exact) mass is 300 g/mol. The standard InChI is InChI=1S/C14H15F3N2O2/c1-10-13(19-9-18-10)3-2-8-20-11-4-6-12(7-5-11)21-14(15,16)17/h4-7,9H,2-3,8H2,1H3,(H,18,19). The highest BCUT2D eigenvalue weighted by Crippen LogP contribution is 2.24. The number of halogens is 3. The Balaban J connectivity index is 1.75. The molecule has 7 heteroatoms. The average molecular weight is 300 g/mol. The number of aromatic amines is 1. The van der Waals surface area contributed by atoms with Gasteiger partial charge in [0.25, 0.3) is 0 Å².